The molecule has 1 N–H and O–H groups in total. The van der Waals surface area contributed by atoms with Crippen molar-refractivity contribution in [2.75, 3.05) is 10.2 Å². The molecule has 10 rings (SSSR count). The highest BCUT2D eigenvalue weighted by Gasteiger charge is 2.30. The van der Waals surface area contributed by atoms with Crippen LogP contribution in [-0.4, -0.2) is 7.28 Å². The van der Waals surface area contributed by atoms with Gasteiger partial charge in [-0.2, -0.15) is 0 Å². The van der Waals surface area contributed by atoms with Crippen LogP contribution in [0.3, 0.4) is 0 Å². The van der Waals surface area contributed by atoms with Crippen LogP contribution in [0.5, 0.6) is 0 Å². The zero-order valence-electron chi connectivity index (χ0n) is 32.4. The summed E-state index contributed by atoms with van der Waals surface area (Å²) in [7, 11) is 2.44. The Morgan fingerprint density at radius 1 is 0.554 bits per heavy atom. The van der Waals surface area contributed by atoms with Gasteiger partial charge in [0, 0.05) is 48.8 Å². The van der Waals surface area contributed by atoms with Crippen LogP contribution in [0.25, 0.3) is 53.2 Å². The van der Waals surface area contributed by atoms with Crippen LogP contribution in [-0.2, 0) is 5.41 Å². The summed E-state index contributed by atoms with van der Waals surface area (Å²) in [4.78, 5) is 2.52. The van der Waals surface area contributed by atoms with Crippen molar-refractivity contribution in [3.63, 3.8) is 0 Å². The molecule has 0 amide bonds. The summed E-state index contributed by atoms with van der Waals surface area (Å²) >= 11 is 1.88. The number of benzene rings is 8. The van der Waals surface area contributed by atoms with Crippen molar-refractivity contribution < 1.29 is 0 Å². The number of hydrogen-bond acceptors (Lipinski definition) is 3. The molecular formula is C52H42BN2S. The Hall–Kier alpha value is -6.10. The molecule has 56 heavy (non-hydrogen) atoms. The standard InChI is InChI=1S/C52H42BN2S/c1-32-25-43(41-28-35-15-9-10-16-36(35)29-45(41)54-39-22-20-38(21-23-39)52(3,4)5)51-48(26-32)55(46-24-19-37(27-33(46)2)34-13-7-6-8-14-34)47-31-50-42(30-44(47)53-51)40-17-11-12-18-49(40)56-50/h6-31,54H,1-5H3. The lowest BCUT2D eigenvalue weighted by molar-refractivity contribution is 0.590. The Labute approximate surface area is 334 Å². The van der Waals surface area contributed by atoms with Crippen molar-refractivity contribution in [3.05, 3.63) is 174 Å². The van der Waals surface area contributed by atoms with Crippen LogP contribution >= 0.6 is 11.3 Å². The van der Waals surface area contributed by atoms with E-state index in [-0.39, 0.29) is 5.41 Å². The van der Waals surface area contributed by atoms with Crippen molar-refractivity contribution in [3.8, 4) is 22.3 Å². The van der Waals surface area contributed by atoms with Gasteiger partial charge >= 0.3 is 0 Å². The Bertz CT molecular complexity index is 2970. The molecular weight excluding hydrogens is 695 g/mol. The average Bonchev–Trinajstić information content (AvgIpc) is 3.56. The lowest BCUT2D eigenvalue weighted by Crippen LogP contribution is -2.41. The first-order chi connectivity index (χ1) is 27.2. The molecule has 2 heterocycles. The number of thiophene rings is 1. The van der Waals surface area contributed by atoms with Gasteiger partial charge in [0.2, 0.25) is 0 Å². The third-order valence-corrected chi connectivity index (χ3v) is 12.5. The number of anilines is 5. The first-order valence-electron chi connectivity index (χ1n) is 19.5. The van der Waals surface area contributed by atoms with E-state index in [0.29, 0.717) is 0 Å². The molecule has 8 aromatic carbocycles. The summed E-state index contributed by atoms with van der Waals surface area (Å²) in [6.45, 7) is 11.3. The van der Waals surface area contributed by atoms with Gasteiger partial charge in [-0.25, -0.2) is 0 Å². The normalized spacial score (nSPS) is 12.5. The minimum atomic E-state index is 0.0897. The van der Waals surface area contributed by atoms with Gasteiger partial charge in [0.15, 0.2) is 7.28 Å². The average molecular weight is 738 g/mol. The van der Waals surface area contributed by atoms with Gasteiger partial charge in [-0.05, 0) is 129 Å². The summed E-state index contributed by atoms with van der Waals surface area (Å²) < 4.78 is 2.62. The quantitative estimate of drug-likeness (QED) is 0.177. The van der Waals surface area contributed by atoms with E-state index in [2.05, 4.69) is 210 Å². The second-order valence-corrected chi connectivity index (χ2v) is 17.4. The maximum absolute atomic E-state index is 3.88. The molecule has 0 atom stereocenters. The fourth-order valence-electron chi connectivity index (χ4n) is 8.46. The van der Waals surface area contributed by atoms with Gasteiger partial charge in [0.25, 0.3) is 0 Å². The zero-order chi connectivity index (χ0) is 38.1. The highest BCUT2D eigenvalue weighted by molar-refractivity contribution is 7.25. The van der Waals surface area contributed by atoms with Gasteiger partial charge in [0.05, 0.1) is 0 Å². The fraction of sp³-hybridized carbons (Fsp3) is 0.115. The lowest BCUT2D eigenvalue weighted by Gasteiger charge is -2.36. The van der Waals surface area contributed by atoms with Gasteiger partial charge in [-0.1, -0.05) is 129 Å². The minimum absolute atomic E-state index is 0.0897. The third kappa shape index (κ3) is 5.97. The second-order valence-electron chi connectivity index (χ2n) is 16.3. The van der Waals surface area contributed by atoms with Crippen LogP contribution in [0.4, 0.5) is 28.4 Å². The van der Waals surface area contributed by atoms with Gasteiger partial charge in [-0.3, -0.25) is 0 Å². The molecule has 0 aliphatic carbocycles. The smallest absolute Gasteiger partial charge is 0.197 e. The molecule has 2 nitrogen and oxygen atoms in total. The maximum Gasteiger partial charge on any atom is 0.197 e. The number of aryl methyl sites for hydroxylation is 2. The molecule has 0 unspecified atom stereocenters. The van der Waals surface area contributed by atoms with Crippen LogP contribution < -0.4 is 21.1 Å². The first-order valence-corrected chi connectivity index (χ1v) is 20.3. The molecule has 1 aromatic heterocycles. The number of nitrogens with zero attached hydrogens (tertiary/aromatic N) is 1. The molecule has 269 valence electrons. The molecule has 0 spiro atoms. The maximum atomic E-state index is 3.88. The van der Waals surface area contributed by atoms with Gasteiger partial charge in [-0.15, -0.1) is 11.3 Å². The van der Waals surface area contributed by atoms with E-state index >= 15 is 0 Å². The highest BCUT2D eigenvalue weighted by atomic mass is 32.1. The van der Waals surface area contributed by atoms with Crippen molar-refractivity contribution in [1.82, 2.24) is 0 Å². The topological polar surface area (TPSA) is 15.3 Å². The third-order valence-electron chi connectivity index (χ3n) is 11.4. The molecule has 0 bridgehead atoms. The molecule has 1 radical (unpaired) electrons. The van der Waals surface area contributed by atoms with Crippen LogP contribution in [0, 0.1) is 13.8 Å². The molecule has 0 saturated carbocycles. The van der Waals surface area contributed by atoms with Crippen LogP contribution in [0.1, 0.15) is 37.5 Å². The van der Waals surface area contributed by atoms with Crippen molar-refractivity contribution in [2.45, 2.75) is 40.0 Å². The molecule has 4 heteroatoms. The van der Waals surface area contributed by atoms with E-state index in [9.17, 15) is 0 Å². The summed E-state index contributed by atoms with van der Waals surface area (Å²) in [5, 5.41) is 8.93. The van der Waals surface area contributed by atoms with E-state index < -0.39 is 0 Å². The molecule has 1 aliphatic heterocycles. The number of hydrogen-bond donors (Lipinski definition) is 1. The largest absolute Gasteiger partial charge is 0.355 e. The van der Waals surface area contributed by atoms with Crippen molar-refractivity contribution >= 4 is 88.9 Å². The predicted octanol–water partition coefficient (Wildman–Crippen LogP) is 13.6. The lowest BCUT2D eigenvalue weighted by atomic mass is 9.57. The second kappa shape index (κ2) is 13.3. The monoisotopic (exact) mass is 737 g/mol. The van der Waals surface area contributed by atoms with Crippen molar-refractivity contribution in [2.24, 2.45) is 0 Å². The Morgan fingerprint density at radius 3 is 2.05 bits per heavy atom. The van der Waals surface area contributed by atoms with Crippen molar-refractivity contribution in [1.29, 1.82) is 0 Å². The van der Waals surface area contributed by atoms with E-state index in [1.165, 1.54) is 97.9 Å². The fourth-order valence-corrected chi connectivity index (χ4v) is 9.58. The number of rotatable bonds is 5. The zero-order valence-corrected chi connectivity index (χ0v) is 33.3. The highest BCUT2D eigenvalue weighted by Crippen LogP contribution is 2.45. The predicted molar refractivity (Wildman–Crippen MR) is 245 cm³/mol. The van der Waals surface area contributed by atoms with E-state index in [0.717, 1.165) is 11.4 Å². The van der Waals surface area contributed by atoms with Gasteiger partial charge in [0.1, 0.15) is 0 Å². The molecule has 0 fully saturated rings. The summed E-state index contributed by atoms with van der Waals surface area (Å²) in [5.74, 6) is 0. The van der Waals surface area contributed by atoms with Crippen LogP contribution in [0.2, 0.25) is 0 Å². The van der Waals surface area contributed by atoms with E-state index in [1.807, 2.05) is 11.3 Å². The Kier molecular flexibility index (Phi) is 8.16. The number of nitrogens with one attached hydrogen (secondary N) is 1. The molecule has 0 saturated heterocycles. The van der Waals surface area contributed by atoms with Gasteiger partial charge < -0.3 is 10.2 Å². The summed E-state index contributed by atoms with van der Waals surface area (Å²) in [6, 6.07) is 58.4. The minimum Gasteiger partial charge on any atom is -0.355 e. The van der Waals surface area contributed by atoms with E-state index in [1.54, 1.807) is 0 Å². The molecule has 9 aromatic rings. The van der Waals surface area contributed by atoms with E-state index in [4.69, 9.17) is 0 Å². The molecule has 1 aliphatic rings. The Morgan fingerprint density at radius 2 is 1.29 bits per heavy atom. The summed E-state index contributed by atoms with van der Waals surface area (Å²) in [6.07, 6.45) is 0. The SMILES string of the molecule is Cc1cc(-c2cc3ccccc3cc2Nc2ccc(C(C)(C)C)cc2)c2c(c1)N(c1ccc(-c3ccccc3)cc1C)c1cc3sc4ccccc4c3cc1[B]2. The van der Waals surface area contributed by atoms with Crippen LogP contribution in [0.15, 0.2) is 158 Å². The first kappa shape index (κ1) is 34.4. The Balaban J connectivity index is 1.20. The summed E-state index contributed by atoms with van der Waals surface area (Å²) in [5.41, 5.74) is 16.9. The number of fused-ring (bicyclic) bond motifs is 6.